The van der Waals surface area contributed by atoms with E-state index < -0.39 is 0 Å². The summed E-state index contributed by atoms with van der Waals surface area (Å²) in [6.07, 6.45) is 0. The van der Waals surface area contributed by atoms with Gasteiger partial charge in [0, 0.05) is 30.9 Å². The molecule has 0 radical (unpaired) electrons. The molecule has 16 heavy (non-hydrogen) atoms. The second-order valence-corrected chi connectivity index (χ2v) is 4.39. The molecule has 0 heterocycles. The van der Waals surface area contributed by atoms with Crippen LogP contribution >= 0.6 is 0 Å². The van der Waals surface area contributed by atoms with Gasteiger partial charge in [0.15, 0.2) is 0 Å². The van der Waals surface area contributed by atoms with Crippen LogP contribution in [0.3, 0.4) is 0 Å². The quantitative estimate of drug-likeness (QED) is 0.769. The maximum atomic E-state index is 13.5. The Bertz CT molecular complexity index is 339. The minimum absolute atomic E-state index is 0.225. The van der Waals surface area contributed by atoms with Crippen molar-refractivity contribution in [3.63, 3.8) is 0 Å². The third kappa shape index (κ3) is 4.16. The first kappa shape index (κ1) is 12.9. The molecule has 90 valence electrons. The van der Waals surface area contributed by atoms with Crippen LogP contribution in [0.2, 0.25) is 0 Å². The fourth-order valence-corrected chi connectivity index (χ4v) is 1.43. The lowest BCUT2D eigenvalue weighted by Gasteiger charge is -2.19. The summed E-state index contributed by atoms with van der Waals surface area (Å²) >= 11 is 0. The molecule has 0 amide bonds. The molecule has 1 aromatic rings. The summed E-state index contributed by atoms with van der Waals surface area (Å²) in [5, 5.41) is 0. The van der Waals surface area contributed by atoms with E-state index in [2.05, 4.69) is 9.80 Å². The Labute approximate surface area is 96.6 Å². The highest BCUT2D eigenvalue weighted by atomic mass is 19.1. The molecule has 0 bridgehead atoms. The molecule has 0 aliphatic rings. The van der Waals surface area contributed by atoms with Crippen molar-refractivity contribution in [3.8, 4) is 0 Å². The van der Waals surface area contributed by atoms with Crippen molar-refractivity contribution < 1.29 is 4.39 Å². The maximum Gasteiger partial charge on any atom is 0.129 e. The van der Waals surface area contributed by atoms with Gasteiger partial charge in [-0.25, -0.2) is 4.39 Å². The number of anilines is 1. The molecule has 0 atom stereocenters. The molecule has 0 saturated heterocycles. The number of benzene rings is 1. The van der Waals surface area contributed by atoms with Crippen molar-refractivity contribution in [2.75, 3.05) is 40.0 Å². The van der Waals surface area contributed by atoms with Gasteiger partial charge in [0.2, 0.25) is 0 Å². The SMILES string of the molecule is CN(C)CCN(C)Cc1ccc(N)cc1F. The Morgan fingerprint density at radius 1 is 1.19 bits per heavy atom. The van der Waals surface area contributed by atoms with Gasteiger partial charge in [-0.05, 0) is 33.3 Å². The van der Waals surface area contributed by atoms with E-state index in [4.69, 9.17) is 5.73 Å². The second kappa shape index (κ2) is 5.82. The Hall–Kier alpha value is -1.13. The van der Waals surface area contributed by atoms with Gasteiger partial charge in [0.1, 0.15) is 5.82 Å². The minimum Gasteiger partial charge on any atom is -0.399 e. The number of nitrogens with zero attached hydrogens (tertiary/aromatic N) is 2. The van der Waals surface area contributed by atoms with E-state index in [-0.39, 0.29) is 5.82 Å². The van der Waals surface area contributed by atoms with Crippen molar-refractivity contribution in [3.05, 3.63) is 29.6 Å². The minimum atomic E-state index is -0.225. The standard InChI is InChI=1S/C12H20FN3/c1-15(2)6-7-16(3)9-10-4-5-11(14)8-12(10)13/h4-5,8H,6-7,9,14H2,1-3H3. The van der Waals surface area contributed by atoms with Crippen molar-refractivity contribution in [1.29, 1.82) is 0 Å². The first-order valence-corrected chi connectivity index (χ1v) is 5.36. The van der Waals surface area contributed by atoms with Crippen molar-refractivity contribution >= 4 is 5.69 Å². The number of nitrogen functional groups attached to an aromatic ring is 1. The molecular formula is C12H20FN3. The predicted molar refractivity (Wildman–Crippen MR) is 65.7 cm³/mol. The van der Waals surface area contributed by atoms with Gasteiger partial charge in [0.05, 0.1) is 0 Å². The Morgan fingerprint density at radius 3 is 2.44 bits per heavy atom. The molecule has 0 spiro atoms. The van der Waals surface area contributed by atoms with Crippen molar-refractivity contribution in [2.45, 2.75) is 6.54 Å². The van der Waals surface area contributed by atoms with Gasteiger partial charge in [0.25, 0.3) is 0 Å². The average Bonchev–Trinajstić information content (AvgIpc) is 2.19. The highest BCUT2D eigenvalue weighted by Gasteiger charge is 2.06. The van der Waals surface area contributed by atoms with E-state index in [9.17, 15) is 4.39 Å². The van der Waals surface area contributed by atoms with E-state index in [0.717, 1.165) is 13.1 Å². The number of halogens is 1. The molecule has 4 heteroatoms. The third-order valence-electron chi connectivity index (χ3n) is 2.45. The van der Waals surface area contributed by atoms with Crippen LogP contribution in [0.15, 0.2) is 18.2 Å². The van der Waals surface area contributed by atoms with Crippen LogP contribution in [-0.2, 0) is 6.54 Å². The third-order valence-corrected chi connectivity index (χ3v) is 2.45. The molecule has 0 aliphatic heterocycles. The van der Waals surface area contributed by atoms with Crippen LogP contribution in [-0.4, -0.2) is 44.0 Å². The predicted octanol–water partition coefficient (Wildman–Crippen LogP) is 1.40. The van der Waals surface area contributed by atoms with Gasteiger partial charge >= 0.3 is 0 Å². The molecule has 0 aliphatic carbocycles. The van der Waals surface area contributed by atoms with E-state index >= 15 is 0 Å². The normalized spacial score (nSPS) is 11.4. The zero-order valence-corrected chi connectivity index (χ0v) is 10.2. The molecule has 0 saturated carbocycles. The highest BCUT2D eigenvalue weighted by molar-refractivity contribution is 5.40. The number of nitrogens with two attached hydrogens (primary N) is 1. The topological polar surface area (TPSA) is 32.5 Å². The van der Waals surface area contributed by atoms with E-state index in [1.807, 2.05) is 21.1 Å². The van der Waals surface area contributed by atoms with Gasteiger partial charge in [-0.2, -0.15) is 0 Å². The summed E-state index contributed by atoms with van der Waals surface area (Å²) in [7, 11) is 6.04. The van der Waals surface area contributed by atoms with E-state index in [1.54, 1.807) is 12.1 Å². The van der Waals surface area contributed by atoms with Gasteiger partial charge < -0.3 is 15.5 Å². The Morgan fingerprint density at radius 2 is 1.88 bits per heavy atom. The van der Waals surface area contributed by atoms with Crippen LogP contribution in [0, 0.1) is 5.82 Å². The highest BCUT2D eigenvalue weighted by Crippen LogP contribution is 2.13. The first-order valence-electron chi connectivity index (χ1n) is 5.36. The molecule has 1 rings (SSSR count). The fourth-order valence-electron chi connectivity index (χ4n) is 1.43. The largest absolute Gasteiger partial charge is 0.399 e. The molecule has 2 N–H and O–H groups in total. The van der Waals surface area contributed by atoms with Gasteiger partial charge in [-0.15, -0.1) is 0 Å². The summed E-state index contributed by atoms with van der Waals surface area (Å²) in [6, 6.07) is 4.85. The monoisotopic (exact) mass is 225 g/mol. The molecule has 3 nitrogen and oxygen atoms in total. The summed E-state index contributed by atoms with van der Waals surface area (Å²) in [5.41, 5.74) is 6.66. The summed E-state index contributed by atoms with van der Waals surface area (Å²) in [4.78, 5) is 4.20. The number of rotatable bonds is 5. The lowest BCUT2D eigenvalue weighted by atomic mass is 10.2. The van der Waals surface area contributed by atoms with Crippen molar-refractivity contribution in [2.24, 2.45) is 0 Å². The van der Waals surface area contributed by atoms with Crippen LogP contribution < -0.4 is 5.73 Å². The number of hydrogen-bond donors (Lipinski definition) is 1. The summed E-state index contributed by atoms with van der Waals surface area (Å²) in [6.45, 7) is 2.49. The lowest BCUT2D eigenvalue weighted by molar-refractivity contribution is 0.273. The van der Waals surface area contributed by atoms with E-state index in [1.165, 1.54) is 6.07 Å². The molecule has 0 unspecified atom stereocenters. The zero-order valence-electron chi connectivity index (χ0n) is 10.2. The van der Waals surface area contributed by atoms with Crippen LogP contribution in [0.1, 0.15) is 5.56 Å². The first-order chi connectivity index (χ1) is 7.49. The second-order valence-electron chi connectivity index (χ2n) is 4.39. The number of likely N-dealkylation sites (N-methyl/N-ethyl adjacent to an activating group) is 2. The fraction of sp³-hybridized carbons (Fsp3) is 0.500. The summed E-state index contributed by atoms with van der Waals surface area (Å²) < 4.78 is 13.5. The van der Waals surface area contributed by atoms with Gasteiger partial charge in [-0.3, -0.25) is 0 Å². The van der Waals surface area contributed by atoms with Gasteiger partial charge in [-0.1, -0.05) is 6.07 Å². The smallest absolute Gasteiger partial charge is 0.129 e. The number of hydrogen-bond acceptors (Lipinski definition) is 3. The van der Waals surface area contributed by atoms with Crippen LogP contribution in [0.5, 0.6) is 0 Å². The van der Waals surface area contributed by atoms with Crippen LogP contribution in [0.4, 0.5) is 10.1 Å². The molecule has 0 aromatic heterocycles. The maximum absolute atomic E-state index is 13.5. The van der Waals surface area contributed by atoms with E-state index in [0.29, 0.717) is 17.8 Å². The Balaban J connectivity index is 2.52. The molecule has 0 fully saturated rings. The summed E-state index contributed by atoms with van der Waals surface area (Å²) in [5.74, 6) is -0.225. The van der Waals surface area contributed by atoms with Crippen LogP contribution in [0.25, 0.3) is 0 Å². The molecular weight excluding hydrogens is 205 g/mol. The lowest BCUT2D eigenvalue weighted by Crippen LogP contribution is -2.28. The van der Waals surface area contributed by atoms with Crippen molar-refractivity contribution in [1.82, 2.24) is 9.80 Å². The molecule has 1 aromatic carbocycles. The average molecular weight is 225 g/mol. The zero-order chi connectivity index (χ0) is 12.1. The Kier molecular flexibility index (Phi) is 4.71.